The van der Waals surface area contributed by atoms with Crippen molar-refractivity contribution in [1.29, 1.82) is 0 Å². The van der Waals surface area contributed by atoms with Crippen molar-refractivity contribution in [3.63, 3.8) is 0 Å². The van der Waals surface area contributed by atoms with Crippen LogP contribution in [0.25, 0.3) is 0 Å². The van der Waals surface area contributed by atoms with Crippen molar-refractivity contribution in [1.82, 2.24) is 5.32 Å². The van der Waals surface area contributed by atoms with Gasteiger partial charge in [-0.2, -0.15) is 0 Å². The van der Waals surface area contributed by atoms with E-state index < -0.39 is 0 Å². The maximum absolute atomic E-state index is 12.5. The molecule has 1 N–H and O–H groups in total. The van der Waals surface area contributed by atoms with Crippen molar-refractivity contribution in [2.24, 2.45) is 17.8 Å². The summed E-state index contributed by atoms with van der Waals surface area (Å²) in [4.78, 5) is 12.5. The molecule has 2 fully saturated rings. The second kappa shape index (κ2) is 6.69. The van der Waals surface area contributed by atoms with Crippen LogP contribution in [0, 0.1) is 17.8 Å². The van der Waals surface area contributed by atoms with Gasteiger partial charge in [0.05, 0.1) is 21.3 Å². The standard InChI is InChI=1S/C18H25NO4/c1-21-15-8-13(9-16(22-2)17(15)23-3)18(20)19-10-14-7-11-4-5-12(14)6-11/h8-9,11-12,14H,4-7,10H2,1-3H3,(H,19,20)/t11-,12-,14-/m1/s1. The first kappa shape index (κ1) is 16.0. The third kappa shape index (κ3) is 3.09. The average Bonchev–Trinajstić information content (AvgIpc) is 3.21. The molecule has 3 atom stereocenters. The Balaban J connectivity index is 1.69. The smallest absolute Gasteiger partial charge is 0.251 e. The van der Waals surface area contributed by atoms with Gasteiger partial charge in [-0.25, -0.2) is 0 Å². The van der Waals surface area contributed by atoms with E-state index in [4.69, 9.17) is 14.2 Å². The van der Waals surface area contributed by atoms with Crippen LogP contribution in [0.5, 0.6) is 17.2 Å². The van der Waals surface area contributed by atoms with Crippen molar-refractivity contribution < 1.29 is 19.0 Å². The highest BCUT2D eigenvalue weighted by Gasteiger charge is 2.39. The van der Waals surface area contributed by atoms with Gasteiger partial charge in [-0.05, 0) is 49.1 Å². The molecule has 2 aliphatic carbocycles. The zero-order valence-corrected chi connectivity index (χ0v) is 14.1. The van der Waals surface area contributed by atoms with E-state index in [2.05, 4.69) is 5.32 Å². The Morgan fingerprint density at radius 2 is 1.78 bits per heavy atom. The zero-order chi connectivity index (χ0) is 16.4. The topological polar surface area (TPSA) is 56.8 Å². The maximum Gasteiger partial charge on any atom is 0.251 e. The molecule has 126 valence electrons. The summed E-state index contributed by atoms with van der Waals surface area (Å²) in [6.45, 7) is 0.761. The van der Waals surface area contributed by atoms with Crippen LogP contribution in [0.4, 0.5) is 0 Å². The lowest BCUT2D eigenvalue weighted by Gasteiger charge is -2.22. The maximum atomic E-state index is 12.5. The number of amides is 1. The molecule has 2 aliphatic rings. The Hall–Kier alpha value is -1.91. The Morgan fingerprint density at radius 3 is 2.26 bits per heavy atom. The van der Waals surface area contributed by atoms with Crippen molar-refractivity contribution in [3.05, 3.63) is 17.7 Å². The second-order valence-electron chi connectivity index (χ2n) is 6.56. The van der Waals surface area contributed by atoms with Gasteiger partial charge in [0.15, 0.2) is 11.5 Å². The lowest BCUT2D eigenvalue weighted by molar-refractivity contribution is 0.0941. The molecule has 0 aromatic heterocycles. The molecule has 2 saturated carbocycles. The highest BCUT2D eigenvalue weighted by molar-refractivity contribution is 5.95. The van der Waals surface area contributed by atoms with Gasteiger partial charge < -0.3 is 19.5 Å². The van der Waals surface area contributed by atoms with E-state index in [1.54, 1.807) is 33.5 Å². The van der Waals surface area contributed by atoms with Crippen LogP contribution in [-0.4, -0.2) is 33.8 Å². The summed E-state index contributed by atoms with van der Waals surface area (Å²) in [6.07, 6.45) is 5.32. The molecule has 2 bridgehead atoms. The van der Waals surface area contributed by atoms with E-state index >= 15 is 0 Å². The summed E-state index contributed by atoms with van der Waals surface area (Å²) in [5.41, 5.74) is 0.530. The molecule has 1 aromatic carbocycles. The monoisotopic (exact) mass is 319 g/mol. The van der Waals surface area contributed by atoms with Gasteiger partial charge in [0.1, 0.15) is 0 Å². The summed E-state index contributed by atoms with van der Waals surface area (Å²) < 4.78 is 15.9. The van der Waals surface area contributed by atoms with Gasteiger partial charge in [0, 0.05) is 12.1 Å². The number of ether oxygens (including phenoxy) is 3. The second-order valence-corrected chi connectivity index (χ2v) is 6.56. The van der Waals surface area contributed by atoms with Gasteiger partial charge in [-0.3, -0.25) is 4.79 Å². The predicted molar refractivity (Wildman–Crippen MR) is 87.4 cm³/mol. The highest BCUT2D eigenvalue weighted by Crippen LogP contribution is 2.48. The zero-order valence-electron chi connectivity index (χ0n) is 14.1. The van der Waals surface area contributed by atoms with Crippen LogP contribution in [-0.2, 0) is 0 Å². The quantitative estimate of drug-likeness (QED) is 0.876. The van der Waals surface area contributed by atoms with Crippen LogP contribution in [0.1, 0.15) is 36.0 Å². The van der Waals surface area contributed by atoms with Crippen LogP contribution in [0.3, 0.4) is 0 Å². The normalized spacial score (nSPS) is 25.3. The molecule has 0 spiro atoms. The Bertz CT molecular complexity index is 561. The van der Waals surface area contributed by atoms with Crippen LogP contribution >= 0.6 is 0 Å². The van der Waals surface area contributed by atoms with Crippen LogP contribution in [0.2, 0.25) is 0 Å². The van der Waals surface area contributed by atoms with E-state index in [1.807, 2.05) is 0 Å². The predicted octanol–water partition coefficient (Wildman–Crippen LogP) is 2.88. The Labute approximate surface area is 137 Å². The van der Waals surface area contributed by atoms with Gasteiger partial charge in [-0.15, -0.1) is 0 Å². The molecular weight excluding hydrogens is 294 g/mol. The molecule has 23 heavy (non-hydrogen) atoms. The summed E-state index contributed by atoms with van der Waals surface area (Å²) >= 11 is 0. The van der Waals surface area contributed by atoms with E-state index in [9.17, 15) is 4.79 Å². The van der Waals surface area contributed by atoms with Gasteiger partial charge in [-0.1, -0.05) is 6.42 Å². The number of fused-ring (bicyclic) bond motifs is 2. The fraction of sp³-hybridized carbons (Fsp3) is 0.611. The number of methoxy groups -OCH3 is 3. The summed E-state index contributed by atoms with van der Waals surface area (Å²) in [7, 11) is 4.65. The summed E-state index contributed by atoms with van der Waals surface area (Å²) in [5, 5.41) is 3.07. The van der Waals surface area contributed by atoms with Crippen molar-refractivity contribution in [2.45, 2.75) is 25.7 Å². The summed E-state index contributed by atoms with van der Waals surface area (Å²) in [6, 6.07) is 3.38. The number of hydrogen-bond donors (Lipinski definition) is 1. The fourth-order valence-corrected chi connectivity index (χ4v) is 4.16. The minimum atomic E-state index is -0.0907. The van der Waals surface area contributed by atoms with Crippen molar-refractivity contribution in [3.8, 4) is 17.2 Å². The Kier molecular flexibility index (Phi) is 4.64. The fourth-order valence-electron chi connectivity index (χ4n) is 4.16. The minimum Gasteiger partial charge on any atom is -0.493 e. The first-order valence-electron chi connectivity index (χ1n) is 8.24. The molecule has 1 amide bonds. The Morgan fingerprint density at radius 1 is 1.09 bits per heavy atom. The molecule has 5 nitrogen and oxygen atoms in total. The van der Waals surface area contributed by atoms with Crippen molar-refractivity contribution >= 4 is 5.91 Å². The first-order valence-corrected chi connectivity index (χ1v) is 8.24. The molecule has 0 aliphatic heterocycles. The number of carbonyl (C=O) groups is 1. The number of hydrogen-bond acceptors (Lipinski definition) is 4. The molecule has 3 rings (SSSR count). The van der Waals surface area contributed by atoms with Crippen LogP contribution in [0.15, 0.2) is 12.1 Å². The number of carbonyl (C=O) groups excluding carboxylic acids is 1. The van der Waals surface area contributed by atoms with Gasteiger partial charge in [0.2, 0.25) is 5.75 Å². The number of rotatable bonds is 6. The molecule has 0 unspecified atom stereocenters. The summed E-state index contributed by atoms with van der Waals surface area (Å²) in [5.74, 6) is 3.74. The molecule has 0 heterocycles. The first-order chi connectivity index (χ1) is 11.2. The highest BCUT2D eigenvalue weighted by atomic mass is 16.5. The van der Waals surface area contributed by atoms with E-state index in [-0.39, 0.29) is 5.91 Å². The third-order valence-corrected chi connectivity index (χ3v) is 5.34. The number of nitrogens with one attached hydrogen (secondary N) is 1. The SMILES string of the molecule is COc1cc(C(=O)NC[C@H]2C[C@@H]3CC[C@@H]2C3)cc(OC)c1OC. The molecule has 0 saturated heterocycles. The average molecular weight is 319 g/mol. The van der Waals surface area contributed by atoms with E-state index in [1.165, 1.54) is 25.7 Å². The molecule has 0 radical (unpaired) electrons. The molecule has 1 aromatic rings. The molecule has 5 heteroatoms. The van der Waals surface area contributed by atoms with E-state index in [0.29, 0.717) is 28.7 Å². The third-order valence-electron chi connectivity index (χ3n) is 5.34. The number of benzene rings is 1. The van der Waals surface area contributed by atoms with Gasteiger partial charge in [0.25, 0.3) is 5.91 Å². The van der Waals surface area contributed by atoms with Gasteiger partial charge >= 0.3 is 0 Å². The van der Waals surface area contributed by atoms with Crippen molar-refractivity contribution in [2.75, 3.05) is 27.9 Å². The van der Waals surface area contributed by atoms with E-state index in [0.717, 1.165) is 18.4 Å². The minimum absolute atomic E-state index is 0.0907. The largest absolute Gasteiger partial charge is 0.493 e. The van der Waals surface area contributed by atoms with Crippen LogP contribution < -0.4 is 19.5 Å². The molecular formula is C18H25NO4. The lowest BCUT2D eigenvalue weighted by Crippen LogP contribution is -2.31. The lowest BCUT2D eigenvalue weighted by atomic mass is 9.89.